The Morgan fingerprint density at radius 2 is 1.71 bits per heavy atom. The standard InChI is InChI=1S/C31H50N7O17P3S/c1-18(2)7-6-8-19(3)13-22(40)59-12-11-33-21(39)9-10-34-29(43)26(42)31(4,5)15-52-58(49,50)55-57(47,48)51-14-20-25(54-56(44,45)46)24(41)30(53-20)38-17-37-23-27(32)35-16-36-28(23)38/h7,13,16-17,20,24-26,30,41-42H,6,8-12,14-15H2,1-5H3,(H,33,39)(H,34,43)(H,47,48)(H,49,50)(H2,32,35,36)(H2,44,45,46)/b19-13+. The van der Waals surface area contributed by atoms with E-state index in [2.05, 4.69) is 40.5 Å². The molecular weight excluding hydrogens is 867 g/mol. The number of phosphoric acid groups is 3. The second-order valence-corrected chi connectivity index (χ2v) is 19.4. The molecule has 332 valence electrons. The Balaban J connectivity index is 1.45. The lowest BCUT2D eigenvalue weighted by molar-refractivity contribution is -0.137. The lowest BCUT2D eigenvalue weighted by atomic mass is 9.87. The molecule has 1 aliphatic heterocycles. The SMILES string of the molecule is CC(C)=CCC/C(C)=C/C(=O)SCCNC(=O)CCNC(=O)C(O)C(C)(C)COP(=O)(O)OP(=O)(O)OCC1OC(n2cnc3c(N)ncnc32)C(O)C1OP(=O)(O)O. The third-order valence-corrected chi connectivity index (χ3v) is 12.1. The highest BCUT2D eigenvalue weighted by atomic mass is 32.2. The molecule has 0 bridgehead atoms. The number of allylic oxidation sites excluding steroid dienone is 3. The highest BCUT2D eigenvalue weighted by Gasteiger charge is 2.50. The molecule has 0 spiro atoms. The molecule has 2 amide bonds. The molecule has 2 aromatic rings. The van der Waals surface area contributed by atoms with Crippen LogP contribution in [0, 0.1) is 5.41 Å². The quantitative estimate of drug-likeness (QED) is 0.0329. The summed E-state index contributed by atoms with van der Waals surface area (Å²) in [4.78, 5) is 87.9. The smallest absolute Gasteiger partial charge is 0.386 e. The summed E-state index contributed by atoms with van der Waals surface area (Å²) in [5.74, 6) is -1.14. The number of amides is 2. The highest BCUT2D eigenvalue weighted by molar-refractivity contribution is 8.14. The summed E-state index contributed by atoms with van der Waals surface area (Å²) in [7, 11) is -16.4. The van der Waals surface area contributed by atoms with Crippen LogP contribution in [0.2, 0.25) is 0 Å². The van der Waals surface area contributed by atoms with Crippen LogP contribution < -0.4 is 16.4 Å². The van der Waals surface area contributed by atoms with Crippen molar-refractivity contribution in [3.8, 4) is 0 Å². The summed E-state index contributed by atoms with van der Waals surface area (Å²) >= 11 is 1.05. The highest BCUT2D eigenvalue weighted by Crippen LogP contribution is 2.61. The number of ether oxygens (including phenoxy) is 1. The van der Waals surface area contributed by atoms with Crippen LogP contribution in [0.25, 0.3) is 11.2 Å². The van der Waals surface area contributed by atoms with E-state index in [4.69, 9.17) is 19.5 Å². The van der Waals surface area contributed by atoms with E-state index in [1.54, 1.807) is 6.08 Å². The van der Waals surface area contributed by atoms with Crippen LogP contribution in [0.3, 0.4) is 0 Å². The number of hydrogen-bond donors (Lipinski definition) is 9. The van der Waals surface area contributed by atoms with Crippen LogP contribution in [0.15, 0.2) is 36.0 Å². The maximum atomic E-state index is 12.7. The number of anilines is 1. The van der Waals surface area contributed by atoms with E-state index in [0.717, 1.165) is 47.4 Å². The van der Waals surface area contributed by atoms with Gasteiger partial charge in [-0.15, -0.1) is 0 Å². The summed E-state index contributed by atoms with van der Waals surface area (Å²) in [6.07, 6.45) is -1.68. The van der Waals surface area contributed by atoms with Crippen LogP contribution in [0.4, 0.5) is 5.82 Å². The molecule has 0 aliphatic carbocycles. The van der Waals surface area contributed by atoms with Crippen molar-refractivity contribution in [2.45, 2.75) is 84.5 Å². The molecule has 0 aromatic carbocycles. The fourth-order valence-corrected chi connectivity index (χ4v) is 8.70. The Hall–Kier alpha value is -2.96. The van der Waals surface area contributed by atoms with Gasteiger partial charge >= 0.3 is 23.5 Å². The number of aromatic nitrogens is 4. The van der Waals surface area contributed by atoms with Crippen molar-refractivity contribution in [3.63, 3.8) is 0 Å². The molecule has 1 saturated heterocycles. The molecule has 7 unspecified atom stereocenters. The average Bonchev–Trinajstić information content (AvgIpc) is 3.67. The van der Waals surface area contributed by atoms with Crippen molar-refractivity contribution in [3.05, 3.63) is 36.0 Å². The van der Waals surface area contributed by atoms with Gasteiger partial charge in [0.15, 0.2) is 17.7 Å². The van der Waals surface area contributed by atoms with Crippen LogP contribution in [-0.4, -0.2) is 123 Å². The number of aliphatic hydroxyl groups excluding tert-OH is 2. The first-order chi connectivity index (χ1) is 27.3. The van der Waals surface area contributed by atoms with Crippen LogP contribution >= 0.6 is 35.2 Å². The first-order valence-electron chi connectivity index (χ1n) is 17.7. The van der Waals surface area contributed by atoms with Crippen molar-refractivity contribution in [2.24, 2.45) is 5.41 Å². The summed E-state index contributed by atoms with van der Waals surface area (Å²) in [6.45, 7) is 6.34. The Kier molecular flexibility index (Phi) is 18.5. The number of carbonyl (C=O) groups is 3. The molecule has 3 rings (SSSR count). The zero-order valence-corrected chi connectivity index (χ0v) is 36.1. The Morgan fingerprint density at radius 3 is 2.37 bits per heavy atom. The fraction of sp³-hybridized carbons (Fsp3) is 0.613. The molecule has 24 nitrogen and oxygen atoms in total. The first-order valence-corrected chi connectivity index (χ1v) is 23.2. The van der Waals surface area contributed by atoms with Gasteiger partial charge in [-0.1, -0.05) is 42.8 Å². The minimum absolute atomic E-state index is 0.0299. The number of rotatable bonds is 23. The number of fused-ring (bicyclic) bond motifs is 1. The van der Waals surface area contributed by atoms with Crippen molar-refractivity contribution in [2.75, 3.05) is 37.8 Å². The Labute approximate surface area is 342 Å². The van der Waals surface area contributed by atoms with Gasteiger partial charge in [-0.25, -0.2) is 28.6 Å². The van der Waals surface area contributed by atoms with E-state index >= 15 is 0 Å². The molecule has 7 atom stereocenters. The topological polar surface area (TPSA) is 364 Å². The summed E-state index contributed by atoms with van der Waals surface area (Å²) in [6, 6.07) is 0. The minimum atomic E-state index is -5.57. The maximum Gasteiger partial charge on any atom is 0.481 e. The number of phosphoric ester groups is 3. The first kappa shape index (κ1) is 50.4. The predicted octanol–water partition coefficient (Wildman–Crippen LogP) is 1.36. The minimum Gasteiger partial charge on any atom is -0.386 e. The largest absolute Gasteiger partial charge is 0.481 e. The van der Waals surface area contributed by atoms with Crippen LogP contribution in [0.1, 0.15) is 60.1 Å². The molecule has 28 heteroatoms. The van der Waals surface area contributed by atoms with Crippen LogP contribution in [0.5, 0.6) is 0 Å². The summed E-state index contributed by atoms with van der Waals surface area (Å²) in [5.41, 5.74) is 6.40. The van der Waals surface area contributed by atoms with E-state index < -0.39 is 84.6 Å². The van der Waals surface area contributed by atoms with Gasteiger partial charge in [-0.2, -0.15) is 4.31 Å². The molecule has 59 heavy (non-hydrogen) atoms. The number of nitrogens with two attached hydrogens (primary N) is 1. The number of nitrogens with one attached hydrogen (secondary N) is 2. The molecule has 1 aliphatic rings. The fourth-order valence-electron chi connectivity index (χ4n) is 5.19. The number of hydrogen-bond acceptors (Lipinski definition) is 18. The number of nitrogens with zero attached hydrogens (tertiary/aromatic N) is 4. The number of nitrogen functional groups attached to an aromatic ring is 1. The van der Waals surface area contributed by atoms with Gasteiger partial charge < -0.3 is 50.9 Å². The van der Waals surface area contributed by atoms with Crippen molar-refractivity contribution in [1.29, 1.82) is 0 Å². The van der Waals surface area contributed by atoms with Crippen molar-refractivity contribution in [1.82, 2.24) is 30.2 Å². The lowest BCUT2D eigenvalue weighted by Gasteiger charge is -2.30. The summed E-state index contributed by atoms with van der Waals surface area (Å²) < 4.78 is 62.2. The Bertz CT molecular complexity index is 2010. The second kappa shape index (κ2) is 21.7. The third-order valence-electron chi connectivity index (χ3n) is 8.20. The van der Waals surface area contributed by atoms with E-state index in [-0.39, 0.29) is 41.6 Å². The molecule has 2 aromatic heterocycles. The van der Waals surface area contributed by atoms with Crippen molar-refractivity contribution >= 4 is 69.1 Å². The normalized spacial score (nSPS) is 21.4. The van der Waals surface area contributed by atoms with Gasteiger partial charge in [-0.05, 0) is 39.7 Å². The monoisotopic (exact) mass is 917 g/mol. The summed E-state index contributed by atoms with van der Waals surface area (Å²) in [5, 5.41) is 26.3. The van der Waals surface area contributed by atoms with Crippen LogP contribution in [-0.2, 0) is 50.7 Å². The van der Waals surface area contributed by atoms with Crippen molar-refractivity contribution < 1.29 is 80.5 Å². The Morgan fingerprint density at radius 1 is 1.03 bits per heavy atom. The van der Waals surface area contributed by atoms with E-state index in [1.807, 2.05) is 20.8 Å². The molecular formula is C31H50N7O17P3S. The molecule has 0 radical (unpaired) electrons. The maximum absolute atomic E-state index is 12.7. The number of aliphatic hydroxyl groups is 2. The molecule has 1 fully saturated rings. The molecule has 0 saturated carbocycles. The third kappa shape index (κ3) is 16.4. The van der Waals surface area contributed by atoms with Gasteiger partial charge in [0.25, 0.3) is 0 Å². The predicted molar refractivity (Wildman–Crippen MR) is 210 cm³/mol. The van der Waals surface area contributed by atoms with Gasteiger partial charge in [0.1, 0.15) is 36.3 Å². The van der Waals surface area contributed by atoms with E-state index in [9.17, 15) is 57.9 Å². The van der Waals surface area contributed by atoms with Gasteiger partial charge in [0, 0.05) is 30.7 Å². The second-order valence-electron chi connectivity index (χ2n) is 14.0. The number of carbonyl (C=O) groups excluding carboxylic acids is 3. The average molecular weight is 918 g/mol. The van der Waals surface area contributed by atoms with Gasteiger partial charge in [0.05, 0.1) is 19.5 Å². The zero-order chi connectivity index (χ0) is 44.3. The molecule has 10 N–H and O–H groups in total. The van der Waals surface area contributed by atoms with E-state index in [0.29, 0.717) is 5.75 Å². The van der Waals surface area contributed by atoms with Gasteiger partial charge in [0.2, 0.25) is 16.9 Å². The lowest BCUT2D eigenvalue weighted by Crippen LogP contribution is -2.46. The van der Waals surface area contributed by atoms with Gasteiger partial charge in [-0.3, -0.25) is 32.5 Å². The van der Waals surface area contributed by atoms with E-state index in [1.165, 1.54) is 19.4 Å². The number of thioether (sulfide) groups is 1. The molecule has 3 heterocycles. The zero-order valence-electron chi connectivity index (χ0n) is 32.6. The number of imidazole rings is 1.